The zero-order valence-electron chi connectivity index (χ0n) is 61.6. The lowest BCUT2D eigenvalue weighted by Gasteiger charge is -2.25. The van der Waals surface area contributed by atoms with Gasteiger partial charge in [-0.2, -0.15) is 19.8 Å². The summed E-state index contributed by atoms with van der Waals surface area (Å²) in [6, 6.07) is -1.53. The van der Waals surface area contributed by atoms with Crippen molar-refractivity contribution in [3.8, 4) is 0 Å². The Hall–Kier alpha value is 6.31. The molecule has 0 N–H and O–H groups in total. The molecule has 92 heavy (non-hydrogen) atoms. The van der Waals surface area contributed by atoms with Gasteiger partial charge in [-0.15, -0.1) is 89.3 Å². The molecular weight excluding hydrogens is 1470 g/mol. The summed E-state index contributed by atoms with van der Waals surface area (Å²) in [7, 11) is 51.6. The van der Waals surface area contributed by atoms with Gasteiger partial charge in [0.25, 0.3) is 0 Å². The number of methoxy groups -OCH3 is 4. The van der Waals surface area contributed by atoms with Crippen LogP contribution in [-0.4, -0.2) is 187 Å². The molecule has 4 aliphatic heterocycles. The van der Waals surface area contributed by atoms with Crippen LogP contribution >= 0.6 is 139 Å². The minimum atomic E-state index is -3.82. The number of hydrogen-bond acceptors (Lipinski definition) is 16. The summed E-state index contributed by atoms with van der Waals surface area (Å²) in [5, 5.41) is 0. The van der Waals surface area contributed by atoms with Crippen LogP contribution in [0.3, 0.4) is 0 Å². The van der Waals surface area contributed by atoms with Gasteiger partial charge in [0.1, 0.15) is 40.1 Å². The smallest absolute Gasteiger partial charge is 0.382 e. The Morgan fingerprint density at radius 1 is 0.391 bits per heavy atom. The van der Waals surface area contributed by atoms with Crippen LogP contribution in [0.2, 0.25) is 0 Å². The second kappa shape index (κ2) is 127. The van der Waals surface area contributed by atoms with Crippen molar-refractivity contribution in [3.63, 3.8) is 0 Å². The van der Waals surface area contributed by atoms with Crippen LogP contribution < -0.4 is 0 Å². The van der Waals surface area contributed by atoms with Crippen LogP contribution in [0.15, 0.2) is 0 Å². The maximum atomic E-state index is 12.8. The molecule has 0 aromatic rings. The molecule has 0 spiro atoms. The Kier molecular flexibility index (Phi) is 210. The van der Waals surface area contributed by atoms with Gasteiger partial charge in [-0.25, -0.2) is 9.13 Å². The topological polar surface area (TPSA) is 163 Å². The Morgan fingerprint density at radius 2 is 0.587 bits per heavy atom. The van der Waals surface area contributed by atoms with Crippen LogP contribution in [0.1, 0.15) is 222 Å². The molecule has 4 fully saturated rings. The minimum absolute atomic E-state index is 0. The fourth-order valence-electron chi connectivity index (χ4n) is 5.79. The first kappa shape index (κ1) is 152. The highest BCUT2D eigenvalue weighted by molar-refractivity contribution is 8.66. The van der Waals surface area contributed by atoms with E-state index in [1.807, 2.05) is 166 Å². The molecule has 0 aliphatic carbocycles. The van der Waals surface area contributed by atoms with Crippen LogP contribution in [0.5, 0.6) is 0 Å². The van der Waals surface area contributed by atoms with E-state index in [0.29, 0.717) is 25.7 Å². The molecule has 10 radical (unpaired) electrons. The van der Waals surface area contributed by atoms with Crippen molar-refractivity contribution in [2.45, 2.75) is 294 Å². The molecule has 0 saturated carbocycles. The fraction of sp³-hybridized carbons (Fsp3) is 1.00. The summed E-state index contributed by atoms with van der Waals surface area (Å²) in [6.45, 7) is 48.7. The normalized spacial score (nSPS) is 22.3. The molecule has 0 bridgehead atoms. The maximum Gasteiger partial charge on any atom is 0.474 e. The number of hydrogen-bond donors (Lipinski definition) is 0. The first-order valence-corrected chi connectivity index (χ1v) is 51.0. The third-order valence-electron chi connectivity index (χ3n) is 8.38. The van der Waals surface area contributed by atoms with E-state index < -0.39 is 64.3 Å². The lowest BCUT2D eigenvalue weighted by molar-refractivity contribution is -0.0389. The zero-order chi connectivity index (χ0) is 72.1. The summed E-state index contributed by atoms with van der Waals surface area (Å²) in [6.07, 6.45) is -1.42. The molecule has 4 rings (SSSR count). The van der Waals surface area contributed by atoms with Crippen LogP contribution in [0.25, 0.3) is 0 Å². The van der Waals surface area contributed by atoms with E-state index >= 15 is 0 Å². The van der Waals surface area contributed by atoms with Gasteiger partial charge in [-0.05, 0) is 39.7 Å². The Bertz CT molecular complexity index is 1140. The van der Waals surface area contributed by atoms with E-state index in [1.54, 1.807) is 14.2 Å². The highest BCUT2D eigenvalue weighted by atomic mass is 32.7. The average molecular weight is 1630 g/mol. The number of phosphoric ester groups is 2. The lowest BCUT2D eigenvalue weighted by Crippen LogP contribution is -2.30. The van der Waals surface area contributed by atoms with Gasteiger partial charge in [0.15, 0.2) is 0 Å². The molecule has 4 saturated heterocycles. The Balaban J connectivity index is -0.0000000400. The van der Waals surface area contributed by atoms with Crippen molar-refractivity contribution in [2.75, 3.05) is 69.1 Å². The van der Waals surface area contributed by atoms with Crippen molar-refractivity contribution in [2.24, 2.45) is 0 Å². The number of phosphoric acid groups is 2. The van der Waals surface area contributed by atoms with E-state index in [1.165, 1.54) is 42.8 Å². The molecule has 0 aromatic heterocycles. The van der Waals surface area contributed by atoms with Gasteiger partial charge < -0.3 is 37.9 Å². The van der Waals surface area contributed by atoms with Crippen molar-refractivity contribution in [3.05, 3.63) is 0 Å². The van der Waals surface area contributed by atoms with Crippen molar-refractivity contribution in [1.82, 2.24) is 0 Å². The SMILES string of the molecule is C.C.C.C.CC.CC.CC.CC.CC.CC.CC.CC.CC.CC.CC.CC.P.P.PP.PP.PP(P)P.PP(P)P.[B][B][C@H]1CC(OP(=O)(OC)OC[C@H]2O[C@@H]([B])CC2OC)[C@@H](COC)O1.[B][B][C@H]1CC(OP(=O)(OC)OC[C@H]2O[C@@H]([B])CC2OC)[C@@H](COC)O1. The van der Waals surface area contributed by atoms with Gasteiger partial charge in [-0.3, -0.25) is 27.1 Å². The predicted octanol–water partition coefficient (Wildman–Crippen LogP) is 19.9. The molecule has 0 amide bonds. The summed E-state index contributed by atoms with van der Waals surface area (Å²) in [5.74, 6) is 0. The average Bonchev–Trinajstić information content (AvgIpc) is 2.16. The molecule has 4 aliphatic rings. The highest BCUT2D eigenvalue weighted by Crippen LogP contribution is 2.60. The molecule has 4 heterocycles. The van der Waals surface area contributed by atoms with Gasteiger partial charge in [0, 0.05) is 82.1 Å². The number of ether oxygens (including phenoxy) is 8. The summed E-state index contributed by atoms with van der Waals surface area (Å²) >= 11 is 0. The van der Waals surface area contributed by atoms with Crippen LogP contribution in [-0.2, 0) is 74.2 Å². The molecular formula is C54H160B6O16P16. The first-order valence-electron chi connectivity index (χ1n) is 30.3. The van der Waals surface area contributed by atoms with Gasteiger partial charge in [0.05, 0.1) is 65.2 Å². The van der Waals surface area contributed by atoms with Crippen molar-refractivity contribution >= 4 is 184 Å². The van der Waals surface area contributed by atoms with E-state index in [-0.39, 0.29) is 114 Å². The van der Waals surface area contributed by atoms with Gasteiger partial charge in [0.2, 0.25) is 0 Å². The summed E-state index contributed by atoms with van der Waals surface area (Å²) in [5.41, 5.74) is 0. The molecule has 570 valence electrons. The van der Waals surface area contributed by atoms with Gasteiger partial charge >= 0.3 is 15.6 Å². The lowest BCUT2D eigenvalue weighted by atomic mass is 9.51. The van der Waals surface area contributed by atoms with Crippen LogP contribution in [0.4, 0.5) is 0 Å². The second-order valence-electron chi connectivity index (χ2n) is 12.7. The summed E-state index contributed by atoms with van der Waals surface area (Å²) < 4.78 is 101. The monoisotopic (exact) mass is 1630 g/mol. The number of rotatable bonds is 20. The van der Waals surface area contributed by atoms with Crippen molar-refractivity contribution in [1.29, 1.82) is 0 Å². The standard InChI is InChI=1S/2C13H23B3O8P.12C2H6.4CH4.2H6P4.2H4P2.2H3P/c2*1-18-6-10-9(5-13(16-15)23-10)24-25(17,20-3)21-7-11-8(19-2)4-12(14)22-11;12*1-2;;;;;2*1-4(2)3;2*1-2;;/h2*8-13H,4-7H2,1-3H3;12*1-2H3;4*1H4;2*1-3H2;2*1-2H2;2*1H3/t2*8?,9?,10-,11-,12-,13-,25?;;;;;;;;;;;;;;;;;;;;;;/m11....................../s1. The molecule has 26 atom stereocenters. The van der Waals surface area contributed by atoms with E-state index in [2.05, 4.69) is 89.3 Å². The molecule has 18 unspecified atom stereocenters. The zero-order valence-corrected chi connectivity index (χ0v) is 79.5. The van der Waals surface area contributed by atoms with E-state index in [9.17, 15) is 9.13 Å². The molecule has 0 aromatic carbocycles. The third kappa shape index (κ3) is 94.3. The quantitative estimate of drug-likeness (QED) is 0.0835. The van der Waals surface area contributed by atoms with Crippen LogP contribution in [0, 0.1) is 0 Å². The Morgan fingerprint density at radius 3 is 0.750 bits per heavy atom. The predicted molar refractivity (Wildman–Crippen MR) is 480 cm³/mol. The highest BCUT2D eigenvalue weighted by Gasteiger charge is 2.44. The molecule has 38 heteroatoms. The largest absolute Gasteiger partial charge is 0.474 e. The van der Waals surface area contributed by atoms with Crippen molar-refractivity contribution < 1.29 is 74.2 Å². The third-order valence-corrected chi connectivity index (χ3v) is 11.3. The molecule has 16 nitrogen and oxygen atoms in total. The maximum absolute atomic E-state index is 12.8. The fourth-order valence-corrected chi connectivity index (χ4v) is 8.06. The van der Waals surface area contributed by atoms with E-state index in [4.69, 9.17) is 96.2 Å². The second-order valence-corrected chi connectivity index (χ2v) is 39.4. The minimum Gasteiger partial charge on any atom is -0.382 e. The summed E-state index contributed by atoms with van der Waals surface area (Å²) in [4.78, 5) is 0. The van der Waals surface area contributed by atoms with Gasteiger partial charge in [-0.1, -0.05) is 196 Å². The first-order chi connectivity index (χ1) is 41.3. The van der Waals surface area contributed by atoms with E-state index in [0.717, 1.165) is 0 Å². The Labute approximate surface area is 617 Å².